The molecule has 0 heterocycles. The van der Waals surface area contributed by atoms with Gasteiger partial charge in [0.05, 0.1) is 6.04 Å². The Morgan fingerprint density at radius 1 is 1.05 bits per heavy atom. The van der Waals surface area contributed by atoms with E-state index >= 15 is 0 Å². The molecule has 0 aliphatic rings. The Morgan fingerprint density at radius 3 is 2.20 bits per heavy atom. The highest BCUT2D eigenvalue weighted by Crippen LogP contribution is 2.33. The molecule has 1 atom stereocenters. The second kappa shape index (κ2) is 5.94. The van der Waals surface area contributed by atoms with Gasteiger partial charge in [-0.2, -0.15) is 0 Å². The van der Waals surface area contributed by atoms with Gasteiger partial charge in [0.1, 0.15) is 5.82 Å². The molecule has 1 N–H and O–H groups in total. The Hall–Kier alpha value is -1.38. The average Bonchev–Trinajstić information content (AvgIpc) is 2.39. The van der Waals surface area contributed by atoms with Crippen LogP contribution in [-0.4, -0.2) is 7.05 Å². The van der Waals surface area contributed by atoms with Gasteiger partial charge in [0.15, 0.2) is 0 Å². The lowest BCUT2D eigenvalue weighted by Crippen LogP contribution is -2.20. The first-order valence-corrected chi connectivity index (χ1v) is 7.02. The third kappa shape index (κ3) is 2.72. The number of halogens is 2. The molecule has 0 aliphatic heterocycles. The minimum Gasteiger partial charge on any atom is -0.309 e. The summed E-state index contributed by atoms with van der Waals surface area (Å²) in [6.07, 6.45) is 0. The van der Waals surface area contributed by atoms with Gasteiger partial charge in [0.2, 0.25) is 0 Å². The summed E-state index contributed by atoms with van der Waals surface area (Å²) in [7, 11) is 1.89. The standard InChI is InChI=1S/C17H19ClFN/c1-10-6-5-7-11(2)16(10)17(20-4)13-8-12(3)15(19)9-14(13)18/h5-9,17,20H,1-4H3. The Morgan fingerprint density at radius 2 is 1.65 bits per heavy atom. The van der Waals surface area contributed by atoms with Gasteiger partial charge in [0, 0.05) is 5.02 Å². The van der Waals surface area contributed by atoms with Gasteiger partial charge in [-0.25, -0.2) is 4.39 Å². The first-order chi connectivity index (χ1) is 9.45. The van der Waals surface area contributed by atoms with Crippen LogP contribution in [0.5, 0.6) is 0 Å². The molecule has 1 unspecified atom stereocenters. The summed E-state index contributed by atoms with van der Waals surface area (Å²) in [6, 6.07) is 9.38. The van der Waals surface area contributed by atoms with E-state index in [0.717, 1.165) is 5.56 Å². The lowest BCUT2D eigenvalue weighted by Gasteiger charge is -2.23. The molecule has 20 heavy (non-hydrogen) atoms. The third-order valence-electron chi connectivity index (χ3n) is 3.71. The summed E-state index contributed by atoms with van der Waals surface area (Å²) in [5.74, 6) is -0.268. The van der Waals surface area contributed by atoms with E-state index in [9.17, 15) is 4.39 Å². The molecule has 106 valence electrons. The van der Waals surface area contributed by atoms with E-state index in [1.807, 2.05) is 19.2 Å². The van der Waals surface area contributed by atoms with Crippen LogP contribution in [0.3, 0.4) is 0 Å². The number of nitrogens with one attached hydrogen (secondary N) is 1. The van der Waals surface area contributed by atoms with Crippen molar-refractivity contribution in [3.8, 4) is 0 Å². The van der Waals surface area contributed by atoms with E-state index in [-0.39, 0.29) is 11.9 Å². The van der Waals surface area contributed by atoms with Crippen molar-refractivity contribution < 1.29 is 4.39 Å². The molecule has 1 nitrogen and oxygen atoms in total. The van der Waals surface area contributed by atoms with Crippen LogP contribution in [0.4, 0.5) is 4.39 Å². The maximum absolute atomic E-state index is 13.6. The molecule has 0 aromatic heterocycles. The van der Waals surface area contributed by atoms with Crippen LogP contribution >= 0.6 is 11.6 Å². The third-order valence-corrected chi connectivity index (χ3v) is 4.04. The van der Waals surface area contributed by atoms with Crippen LogP contribution in [-0.2, 0) is 0 Å². The van der Waals surface area contributed by atoms with Gasteiger partial charge in [-0.1, -0.05) is 29.8 Å². The highest BCUT2D eigenvalue weighted by molar-refractivity contribution is 6.31. The fourth-order valence-electron chi connectivity index (χ4n) is 2.64. The average molecular weight is 292 g/mol. The molecule has 0 spiro atoms. The number of benzene rings is 2. The number of rotatable bonds is 3. The van der Waals surface area contributed by atoms with Crippen molar-refractivity contribution in [2.24, 2.45) is 0 Å². The molecular formula is C17H19ClFN. The van der Waals surface area contributed by atoms with E-state index in [1.54, 1.807) is 6.92 Å². The summed E-state index contributed by atoms with van der Waals surface area (Å²) >= 11 is 6.25. The van der Waals surface area contributed by atoms with Crippen LogP contribution in [0, 0.1) is 26.6 Å². The zero-order valence-electron chi connectivity index (χ0n) is 12.2. The van der Waals surface area contributed by atoms with Crippen molar-refractivity contribution in [1.29, 1.82) is 0 Å². The Balaban J connectivity index is 2.62. The zero-order chi connectivity index (χ0) is 14.9. The normalized spacial score (nSPS) is 12.5. The predicted octanol–water partition coefficient (Wildman–Crippen LogP) is 4.71. The van der Waals surface area contributed by atoms with E-state index in [0.29, 0.717) is 10.6 Å². The van der Waals surface area contributed by atoms with Gasteiger partial charge in [-0.3, -0.25) is 0 Å². The van der Waals surface area contributed by atoms with E-state index in [2.05, 4.69) is 31.3 Å². The van der Waals surface area contributed by atoms with Crippen LogP contribution in [0.25, 0.3) is 0 Å². The fourth-order valence-corrected chi connectivity index (χ4v) is 2.90. The van der Waals surface area contributed by atoms with Crippen LogP contribution in [0.1, 0.15) is 33.9 Å². The fraction of sp³-hybridized carbons (Fsp3) is 0.294. The maximum Gasteiger partial charge on any atom is 0.127 e. The van der Waals surface area contributed by atoms with Gasteiger partial charge in [-0.15, -0.1) is 0 Å². The van der Waals surface area contributed by atoms with Crippen molar-refractivity contribution in [3.05, 3.63) is 69.0 Å². The van der Waals surface area contributed by atoms with Gasteiger partial charge >= 0.3 is 0 Å². The molecule has 0 fully saturated rings. The maximum atomic E-state index is 13.6. The summed E-state index contributed by atoms with van der Waals surface area (Å²) in [5, 5.41) is 3.75. The Labute approximate surface area is 124 Å². The Bertz CT molecular complexity index is 617. The summed E-state index contributed by atoms with van der Waals surface area (Å²) in [4.78, 5) is 0. The molecule has 0 radical (unpaired) electrons. The molecule has 0 aliphatic carbocycles. The zero-order valence-corrected chi connectivity index (χ0v) is 13.0. The van der Waals surface area contributed by atoms with Gasteiger partial charge in [0.25, 0.3) is 0 Å². The van der Waals surface area contributed by atoms with E-state index in [1.165, 1.54) is 22.8 Å². The number of hydrogen-bond acceptors (Lipinski definition) is 1. The minimum absolute atomic E-state index is 0.0389. The second-order valence-electron chi connectivity index (χ2n) is 5.15. The summed E-state index contributed by atoms with van der Waals surface area (Å²) in [6.45, 7) is 5.92. The first kappa shape index (κ1) is 15.0. The first-order valence-electron chi connectivity index (χ1n) is 6.64. The highest BCUT2D eigenvalue weighted by atomic mass is 35.5. The molecule has 3 heteroatoms. The minimum atomic E-state index is -0.268. The van der Waals surface area contributed by atoms with Crippen molar-refractivity contribution >= 4 is 11.6 Å². The lowest BCUT2D eigenvalue weighted by molar-refractivity contribution is 0.613. The van der Waals surface area contributed by atoms with Crippen molar-refractivity contribution in [2.45, 2.75) is 26.8 Å². The molecule has 2 aromatic carbocycles. The van der Waals surface area contributed by atoms with Crippen molar-refractivity contribution in [3.63, 3.8) is 0 Å². The molecule has 0 amide bonds. The Kier molecular flexibility index (Phi) is 4.46. The van der Waals surface area contributed by atoms with E-state index in [4.69, 9.17) is 11.6 Å². The topological polar surface area (TPSA) is 12.0 Å². The van der Waals surface area contributed by atoms with Crippen LogP contribution in [0.2, 0.25) is 5.02 Å². The number of aryl methyl sites for hydroxylation is 3. The molecule has 2 aromatic rings. The number of hydrogen-bond donors (Lipinski definition) is 1. The molecule has 2 rings (SSSR count). The smallest absolute Gasteiger partial charge is 0.127 e. The lowest BCUT2D eigenvalue weighted by atomic mass is 9.90. The summed E-state index contributed by atoms with van der Waals surface area (Å²) in [5.41, 5.74) is 5.11. The molecular weight excluding hydrogens is 273 g/mol. The SMILES string of the molecule is CNC(c1cc(C)c(F)cc1Cl)c1c(C)cccc1C. The quantitative estimate of drug-likeness (QED) is 0.863. The monoisotopic (exact) mass is 291 g/mol. The molecule has 0 saturated carbocycles. The van der Waals surface area contributed by atoms with E-state index < -0.39 is 0 Å². The largest absolute Gasteiger partial charge is 0.309 e. The van der Waals surface area contributed by atoms with Crippen LogP contribution in [0.15, 0.2) is 30.3 Å². The summed E-state index contributed by atoms with van der Waals surface area (Å²) < 4.78 is 13.6. The van der Waals surface area contributed by atoms with Crippen LogP contribution < -0.4 is 5.32 Å². The van der Waals surface area contributed by atoms with Crippen molar-refractivity contribution in [1.82, 2.24) is 5.32 Å². The highest BCUT2D eigenvalue weighted by Gasteiger charge is 2.20. The predicted molar refractivity (Wildman–Crippen MR) is 83.0 cm³/mol. The molecule has 0 saturated heterocycles. The van der Waals surface area contributed by atoms with Crippen molar-refractivity contribution in [2.75, 3.05) is 7.05 Å². The molecule has 0 bridgehead atoms. The van der Waals surface area contributed by atoms with Gasteiger partial charge in [-0.05, 0) is 67.8 Å². The van der Waals surface area contributed by atoms with Gasteiger partial charge < -0.3 is 5.32 Å². The second-order valence-corrected chi connectivity index (χ2v) is 5.56.